The first-order chi connectivity index (χ1) is 17.1. The zero-order valence-corrected chi connectivity index (χ0v) is 20.4. The van der Waals surface area contributed by atoms with Crippen LogP contribution in [0.25, 0.3) is 21.8 Å². The molecule has 174 valence electrons. The van der Waals surface area contributed by atoms with Crippen molar-refractivity contribution in [1.29, 1.82) is 10.5 Å². The van der Waals surface area contributed by atoms with Crippen LogP contribution in [0.5, 0.6) is 5.75 Å². The van der Waals surface area contributed by atoms with Crippen LogP contribution in [-0.4, -0.2) is 35.3 Å². The van der Waals surface area contributed by atoms with Crippen LogP contribution in [0.1, 0.15) is 16.8 Å². The van der Waals surface area contributed by atoms with E-state index < -0.39 is 0 Å². The zero-order chi connectivity index (χ0) is 24.6. The summed E-state index contributed by atoms with van der Waals surface area (Å²) >= 11 is 2.86. The fraction of sp³-hybridized carbons (Fsp3) is 0.160. The van der Waals surface area contributed by atoms with Crippen LogP contribution in [-0.2, 0) is 10.5 Å². The lowest BCUT2D eigenvalue weighted by Gasteiger charge is -2.13. The van der Waals surface area contributed by atoms with Crippen LogP contribution in [0.2, 0.25) is 0 Å². The van der Waals surface area contributed by atoms with Crippen molar-refractivity contribution in [2.24, 2.45) is 0 Å². The summed E-state index contributed by atoms with van der Waals surface area (Å²) in [6, 6.07) is 17.2. The maximum atomic E-state index is 10.0. The van der Waals surface area contributed by atoms with Crippen LogP contribution in [0.15, 0.2) is 59.1 Å². The predicted molar refractivity (Wildman–Crippen MR) is 136 cm³/mol. The van der Waals surface area contributed by atoms with Crippen LogP contribution >= 0.6 is 23.1 Å². The number of hydrogen-bond donors (Lipinski definition) is 1. The minimum atomic E-state index is 0.0804. The van der Waals surface area contributed by atoms with E-state index in [1.165, 1.54) is 23.1 Å². The first-order valence-corrected chi connectivity index (χ1v) is 12.4. The van der Waals surface area contributed by atoms with Crippen molar-refractivity contribution in [1.82, 2.24) is 15.0 Å². The van der Waals surface area contributed by atoms with Gasteiger partial charge in [0, 0.05) is 30.0 Å². The molecule has 4 rings (SSSR count). The third-order valence-electron chi connectivity index (χ3n) is 4.91. The summed E-state index contributed by atoms with van der Waals surface area (Å²) in [5.74, 6) is 1.23. The molecule has 0 aliphatic heterocycles. The molecule has 0 unspecified atom stereocenters. The SMILES string of the molecule is COCCOc1ccc(-c2c(C#N)c(N)nc(SCc3csc(-c4ccccn4)n3)c2C#N)cc1. The molecule has 2 N–H and O–H groups in total. The molecule has 1 aromatic carbocycles. The van der Waals surface area contributed by atoms with Gasteiger partial charge in [0.15, 0.2) is 0 Å². The van der Waals surface area contributed by atoms with Crippen molar-refractivity contribution >= 4 is 28.9 Å². The summed E-state index contributed by atoms with van der Waals surface area (Å²) in [6.45, 7) is 0.896. The van der Waals surface area contributed by atoms with Gasteiger partial charge in [-0.15, -0.1) is 11.3 Å². The molecule has 4 aromatic rings. The Morgan fingerprint density at radius 3 is 2.51 bits per heavy atom. The monoisotopic (exact) mass is 500 g/mol. The Morgan fingerprint density at radius 2 is 1.83 bits per heavy atom. The Bertz CT molecular complexity index is 1390. The highest BCUT2D eigenvalue weighted by atomic mass is 32.2. The third kappa shape index (κ3) is 5.58. The molecule has 3 aromatic heterocycles. The molecule has 3 heterocycles. The van der Waals surface area contributed by atoms with Crippen molar-refractivity contribution in [3.05, 3.63) is 70.9 Å². The van der Waals surface area contributed by atoms with Gasteiger partial charge in [0.1, 0.15) is 45.9 Å². The van der Waals surface area contributed by atoms with Crippen molar-refractivity contribution in [3.63, 3.8) is 0 Å². The van der Waals surface area contributed by atoms with Gasteiger partial charge in [0.25, 0.3) is 0 Å². The Hall–Kier alpha value is -3.96. The van der Waals surface area contributed by atoms with Gasteiger partial charge in [-0.2, -0.15) is 10.5 Å². The van der Waals surface area contributed by atoms with Gasteiger partial charge in [-0.3, -0.25) is 4.98 Å². The van der Waals surface area contributed by atoms with E-state index in [-0.39, 0.29) is 11.4 Å². The molecule has 0 aliphatic carbocycles. The molecule has 0 bridgehead atoms. The van der Waals surface area contributed by atoms with Crippen molar-refractivity contribution < 1.29 is 9.47 Å². The van der Waals surface area contributed by atoms with E-state index >= 15 is 0 Å². The second-order valence-corrected chi connectivity index (χ2v) is 8.99. The van der Waals surface area contributed by atoms with E-state index in [1.54, 1.807) is 37.6 Å². The molecule has 0 atom stereocenters. The Balaban J connectivity index is 1.61. The topological polar surface area (TPSA) is 131 Å². The lowest BCUT2D eigenvalue weighted by Crippen LogP contribution is -2.05. The van der Waals surface area contributed by atoms with Gasteiger partial charge in [-0.05, 0) is 29.8 Å². The Kier molecular flexibility index (Phi) is 7.91. The highest BCUT2D eigenvalue weighted by Gasteiger charge is 2.21. The number of benzene rings is 1. The number of hydrogen-bond acceptors (Lipinski definition) is 10. The maximum absolute atomic E-state index is 10.0. The summed E-state index contributed by atoms with van der Waals surface area (Å²) in [6.07, 6.45) is 1.73. The lowest BCUT2D eigenvalue weighted by atomic mass is 9.97. The summed E-state index contributed by atoms with van der Waals surface area (Å²) in [7, 11) is 1.61. The molecular formula is C25H20N6O2S2. The van der Waals surface area contributed by atoms with E-state index in [2.05, 4.69) is 27.1 Å². The number of pyridine rings is 2. The fourth-order valence-electron chi connectivity index (χ4n) is 3.27. The largest absolute Gasteiger partial charge is 0.491 e. The molecule has 0 saturated carbocycles. The zero-order valence-electron chi connectivity index (χ0n) is 18.8. The van der Waals surface area contributed by atoms with Crippen molar-refractivity contribution in [3.8, 4) is 39.7 Å². The Labute approximate surface area is 211 Å². The molecule has 35 heavy (non-hydrogen) atoms. The number of aromatic nitrogens is 3. The standard InChI is InChI=1S/C25H20N6O2S2/c1-32-10-11-33-18-7-5-16(6-8-18)22-19(12-26)23(28)31-24(20(22)13-27)34-14-17-15-35-25(30-17)21-4-2-3-9-29-21/h2-9,15H,10-11,14H2,1H3,(H2,28,31). The smallest absolute Gasteiger partial charge is 0.143 e. The number of ether oxygens (including phenoxy) is 2. The molecule has 0 spiro atoms. The summed E-state index contributed by atoms with van der Waals surface area (Å²) < 4.78 is 10.6. The first-order valence-electron chi connectivity index (χ1n) is 10.5. The highest BCUT2D eigenvalue weighted by Crippen LogP contribution is 2.37. The van der Waals surface area contributed by atoms with E-state index in [1.807, 2.05) is 23.6 Å². The van der Waals surface area contributed by atoms with Crippen molar-refractivity contribution in [2.75, 3.05) is 26.1 Å². The number of rotatable bonds is 9. The number of methoxy groups -OCH3 is 1. The average Bonchev–Trinajstić information content (AvgIpc) is 3.37. The van der Waals surface area contributed by atoms with Gasteiger partial charge in [0.05, 0.1) is 23.6 Å². The maximum Gasteiger partial charge on any atom is 0.143 e. The van der Waals surface area contributed by atoms with E-state index in [4.69, 9.17) is 15.2 Å². The van der Waals surface area contributed by atoms with E-state index in [0.29, 0.717) is 46.4 Å². The van der Waals surface area contributed by atoms with Crippen LogP contribution in [0.4, 0.5) is 5.82 Å². The first kappa shape index (κ1) is 24.2. The number of nitrogen functional groups attached to an aromatic ring is 1. The highest BCUT2D eigenvalue weighted by molar-refractivity contribution is 7.98. The van der Waals surface area contributed by atoms with Gasteiger partial charge in [-0.1, -0.05) is 30.0 Å². The normalized spacial score (nSPS) is 10.5. The van der Waals surface area contributed by atoms with E-state index in [0.717, 1.165) is 16.4 Å². The van der Waals surface area contributed by atoms with Gasteiger partial charge < -0.3 is 15.2 Å². The third-order valence-corrected chi connectivity index (χ3v) is 6.83. The molecule has 0 fully saturated rings. The van der Waals surface area contributed by atoms with Crippen molar-refractivity contribution in [2.45, 2.75) is 10.8 Å². The minimum Gasteiger partial charge on any atom is -0.491 e. The molecular weight excluding hydrogens is 480 g/mol. The second-order valence-electron chi connectivity index (χ2n) is 7.16. The van der Waals surface area contributed by atoms with Crippen LogP contribution in [0.3, 0.4) is 0 Å². The summed E-state index contributed by atoms with van der Waals surface area (Å²) in [5, 5.41) is 23.0. The number of nitrogens with zero attached hydrogens (tertiary/aromatic N) is 5. The number of nitrogens with two attached hydrogens (primary N) is 1. The van der Waals surface area contributed by atoms with E-state index in [9.17, 15) is 10.5 Å². The summed E-state index contributed by atoms with van der Waals surface area (Å²) in [4.78, 5) is 13.3. The van der Waals surface area contributed by atoms with Crippen LogP contribution in [0, 0.1) is 22.7 Å². The average molecular weight is 501 g/mol. The lowest BCUT2D eigenvalue weighted by molar-refractivity contribution is 0.146. The molecule has 10 heteroatoms. The van der Waals surface area contributed by atoms with Crippen LogP contribution < -0.4 is 10.5 Å². The molecule has 0 radical (unpaired) electrons. The van der Waals surface area contributed by atoms with Gasteiger partial charge in [0.2, 0.25) is 0 Å². The molecule has 0 saturated heterocycles. The summed E-state index contributed by atoms with van der Waals surface area (Å²) in [5.41, 5.74) is 9.40. The minimum absolute atomic E-state index is 0.0804. The van der Waals surface area contributed by atoms with Gasteiger partial charge in [-0.25, -0.2) is 9.97 Å². The quantitative estimate of drug-likeness (QED) is 0.251. The molecule has 0 amide bonds. The number of thioether (sulfide) groups is 1. The number of nitriles is 2. The fourth-order valence-corrected chi connectivity index (χ4v) is 5.06. The predicted octanol–water partition coefficient (Wildman–Crippen LogP) is 4.91. The molecule has 8 nitrogen and oxygen atoms in total. The number of thiazole rings is 1. The second kappa shape index (κ2) is 11.4. The molecule has 0 aliphatic rings. The number of anilines is 1. The Morgan fingerprint density at radius 1 is 1.03 bits per heavy atom. The van der Waals surface area contributed by atoms with Gasteiger partial charge >= 0.3 is 0 Å².